The van der Waals surface area contributed by atoms with Gasteiger partial charge in [0.25, 0.3) is 0 Å². The van der Waals surface area contributed by atoms with Crippen LogP contribution in [-0.4, -0.2) is 7.11 Å². The zero-order valence-electron chi connectivity index (χ0n) is 14.8. The highest BCUT2D eigenvalue weighted by Crippen LogP contribution is 2.34. The largest absolute Gasteiger partial charge is 0.497 e. The fourth-order valence-corrected chi connectivity index (χ4v) is 2.19. The van der Waals surface area contributed by atoms with Gasteiger partial charge in [0.1, 0.15) is 5.75 Å². The molecule has 0 amide bonds. The Morgan fingerprint density at radius 2 is 1.18 bits per heavy atom. The molecule has 1 aromatic heterocycles. The summed E-state index contributed by atoms with van der Waals surface area (Å²) in [4.78, 5) is 0. The second-order valence-electron chi connectivity index (χ2n) is 7.80. The van der Waals surface area contributed by atoms with Crippen LogP contribution in [0.4, 0.5) is 0 Å². The number of hydrogen-bond donors (Lipinski definition) is 0. The van der Waals surface area contributed by atoms with Crippen molar-refractivity contribution in [2.45, 2.75) is 52.4 Å². The summed E-state index contributed by atoms with van der Waals surface area (Å²) in [6.07, 6.45) is 0. The molecule has 1 heterocycles. The van der Waals surface area contributed by atoms with Crippen LogP contribution in [0.5, 0.6) is 5.75 Å². The average Bonchev–Trinajstić information content (AvgIpc) is 2.45. The van der Waals surface area contributed by atoms with E-state index in [1.54, 1.807) is 7.11 Å². The van der Waals surface area contributed by atoms with Gasteiger partial charge in [-0.2, -0.15) is 0 Å². The predicted octanol–water partition coefficient (Wildman–Crippen LogP) is 5.83. The van der Waals surface area contributed by atoms with Crippen LogP contribution < -0.4 is 4.74 Å². The minimum absolute atomic E-state index is 0.0253. The number of rotatable bonds is 2. The van der Waals surface area contributed by atoms with Gasteiger partial charge in [0.15, 0.2) is 0 Å². The monoisotopic (exact) mass is 299 g/mol. The first-order valence-electron chi connectivity index (χ1n) is 7.75. The van der Waals surface area contributed by atoms with Crippen molar-refractivity contribution in [2.75, 3.05) is 7.11 Å². The highest BCUT2D eigenvalue weighted by Gasteiger charge is 2.33. The van der Waals surface area contributed by atoms with E-state index in [1.807, 2.05) is 12.1 Å². The fraction of sp³-hybridized carbons (Fsp3) is 0.450. The van der Waals surface area contributed by atoms with Gasteiger partial charge in [0.05, 0.1) is 17.9 Å². The Kier molecular flexibility index (Phi) is 4.32. The first-order chi connectivity index (χ1) is 10.1. The molecule has 2 nitrogen and oxygen atoms in total. The third-order valence-corrected chi connectivity index (χ3v) is 3.69. The Morgan fingerprint density at radius 1 is 0.727 bits per heavy atom. The van der Waals surface area contributed by atoms with Gasteiger partial charge in [-0.3, -0.25) is 0 Å². The Bertz CT molecular complexity index is 609. The number of hydrogen-bond acceptors (Lipinski definition) is 1. The van der Waals surface area contributed by atoms with E-state index in [4.69, 9.17) is 9.15 Å². The summed E-state index contributed by atoms with van der Waals surface area (Å²) in [6.45, 7) is 13.1. The van der Waals surface area contributed by atoms with Crippen LogP contribution in [0, 0.1) is 0 Å². The van der Waals surface area contributed by atoms with Crippen LogP contribution in [-0.2, 0) is 10.8 Å². The Balaban J connectivity index is 2.59. The smallest absolute Gasteiger partial charge is 0.335 e. The molecule has 0 aliphatic rings. The maximum absolute atomic E-state index is 6.19. The van der Waals surface area contributed by atoms with Gasteiger partial charge in [0, 0.05) is 12.1 Å². The Hall–Kier alpha value is -1.83. The van der Waals surface area contributed by atoms with Crippen LogP contribution >= 0.6 is 0 Å². The summed E-state index contributed by atoms with van der Waals surface area (Å²) in [5, 5.41) is 0. The van der Waals surface area contributed by atoms with Gasteiger partial charge in [-0.15, -0.1) is 0 Å². The van der Waals surface area contributed by atoms with E-state index < -0.39 is 0 Å². The minimum atomic E-state index is -0.0253. The van der Waals surface area contributed by atoms with E-state index in [9.17, 15) is 0 Å². The normalized spacial score (nSPS) is 12.3. The van der Waals surface area contributed by atoms with Gasteiger partial charge < -0.3 is 4.74 Å². The first-order valence-corrected chi connectivity index (χ1v) is 7.75. The molecule has 22 heavy (non-hydrogen) atoms. The van der Waals surface area contributed by atoms with E-state index in [0.717, 1.165) is 17.3 Å². The standard InChI is InChI=1S/C20H27O2/c1-19(2,3)17-12-15(13-18(22-17)20(4,5)6)14-8-10-16(21-7)11-9-14/h8-13H,1-7H3/q+1. The zero-order valence-corrected chi connectivity index (χ0v) is 14.8. The average molecular weight is 299 g/mol. The molecule has 0 N–H and O–H groups in total. The van der Waals surface area contributed by atoms with E-state index in [2.05, 4.69) is 65.8 Å². The van der Waals surface area contributed by atoms with Gasteiger partial charge in [-0.25, -0.2) is 4.42 Å². The molecule has 0 radical (unpaired) electrons. The molecular weight excluding hydrogens is 272 g/mol. The zero-order chi connectivity index (χ0) is 16.5. The third-order valence-electron chi connectivity index (χ3n) is 3.69. The second-order valence-corrected chi connectivity index (χ2v) is 7.80. The van der Waals surface area contributed by atoms with E-state index >= 15 is 0 Å². The lowest BCUT2D eigenvalue weighted by Crippen LogP contribution is -2.16. The molecule has 0 aliphatic carbocycles. The van der Waals surface area contributed by atoms with Crippen LogP contribution in [0.15, 0.2) is 40.8 Å². The maximum Gasteiger partial charge on any atom is 0.335 e. The summed E-state index contributed by atoms with van der Waals surface area (Å²) in [6, 6.07) is 12.5. The second kappa shape index (κ2) is 5.75. The molecule has 0 spiro atoms. The molecule has 0 saturated heterocycles. The molecule has 2 aromatic rings. The molecule has 0 bridgehead atoms. The van der Waals surface area contributed by atoms with E-state index in [-0.39, 0.29) is 10.8 Å². The fourth-order valence-electron chi connectivity index (χ4n) is 2.19. The predicted molar refractivity (Wildman–Crippen MR) is 92.5 cm³/mol. The first kappa shape index (κ1) is 16.5. The molecule has 0 unspecified atom stereocenters. The van der Waals surface area contributed by atoms with Crippen LogP contribution in [0.25, 0.3) is 11.1 Å². The van der Waals surface area contributed by atoms with Crippen molar-refractivity contribution in [3.8, 4) is 16.9 Å². The third kappa shape index (κ3) is 3.68. The molecule has 0 atom stereocenters. The summed E-state index contributed by atoms with van der Waals surface area (Å²) < 4.78 is 11.4. The lowest BCUT2D eigenvalue weighted by molar-refractivity contribution is 0.329. The van der Waals surface area contributed by atoms with Crippen LogP contribution in [0.2, 0.25) is 0 Å². The lowest BCUT2D eigenvalue weighted by atomic mass is 9.87. The van der Waals surface area contributed by atoms with E-state index in [0.29, 0.717) is 0 Å². The van der Waals surface area contributed by atoms with Crippen molar-refractivity contribution in [3.05, 3.63) is 47.9 Å². The topological polar surface area (TPSA) is 20.5 Å². The molecular formula is C20H27O2+. The molecule has 1 aromatic carbocycles. The van der Waals surface area contributed by atoms with Gasteiger partial charge in [0.2, 0.25) is 0 Å². The number of ether oxygens (including phenoxy) is 1. The summed E-state index contributed by atoms with van der Waals surface area (Å²) in [5.41, 5.74) is 2.31. The molecule has 0 aliphatic heterocycles. The van der Waals surface area contributed by atoms with Crippen molar-refractivity contribution >= 4 is 0 Å². The van der Waals surface area contributed by atoms with Crippen LogP contribution in [0.3, 0.4) is 0 Å². The van der Waals surface area contributed by atoms with Crippen molar-refractivity contribution in [3.63, 3.8) is 0 Å². The number of methoxy groups -OCH3 is 1. The van der Waals surface area contributed by atoms with Crippen molar-refractivity contribution in [2.24, 2.45) is 0 Å². The minimum Gasteiger partial charge on any atom is -0.497 e. The summed E-state index contributed by atoms with van der Waals surface area (Å²) >= 11 is 0. The van der Waals surface area contributed by atoms with Crippen LogP contribution in [0.1, 0.15) is 53.1 Å². The Labute approximate surface area is 134 Å². The molecule has 118 valence electrons. The highest BCUT2D eigenvalue weighted by atomic mass is 16.5. The maximum atomic E-state index is 6.19. The van der Waals surface area contributed by atoms with Crippen molar-refractivity contribution in [1.82, 2.24) is 0 Å². The molecule has 2 rings (SSSR count). The SMILES string of the molecule is COc1ccc(-c2cc(C(C)(C)C)[o+]c(C(C)(C)C)c2)cc1. The summed E-state index contributed by atoms with van der Waals surface area (Å²) in [5.74, 6) is 2.88. The van der Waals surface area contributed by atoms with E-state index in [1.165, 1.54) is 11.1 Å². The molecule has 2 heteroatoms. The molecule has 0 saturated carbocycles. The molecule has 0 fully saturated rings. The van der Waals surface area contributed by atoms with Gasteiger partial charge >= 0.3 is 11.5 Å². The quantitative estimate of drug-likeness (QED) is 0.650. The van der Waals surface area contributed by atoms with Gasteiger partial charge in [-0.1, -0.05) is 12.1 Å². The van der Waals surface area contributed by atoms with Crippen molar-refractivity contribution in [1.29, 1.82) is 0 Å². The van der Waals surface area contributed by atoms with Gasteiger partial charge in [-0.05, 0) is 64.8 Å². The summed E-state index contributed by atoms with van der Waals surface area (Å²) in [7, 11) is 1.69. The Morgan fingerprint density at radius 3 is 1.55 bits per heavy atom. The van der Waals surface area contributed by atoms with Crippen molar-refractivity contribution < 1.29 is 9.15 Å². The lowest BCUT2D eigenvalue weighted by Gasteiger charge is -2.15. The highest BCUT2D eigenvalue weighted by molar-refractivity contribution is 5.65. The number of benzene rings is 1.